The van der Waals surface area contributed by atoms with Gasteiger partial charge in [0.15, 0.2) is 18.1 Å². The molecule has 4 rings (SSSR count). The highest BCUT2D eigenvalue weighted by Gasteiger charge is 2.32. The molecule has 0 fully saturated rings. The van der Waals surface area contributed by atoms with Crippen LogP contribution in [-0.4, -0.2) is 49.4 Å². The number of esters is 1. The summed E-state index contributed by atoms with van der Waals surface area (Å²) in [4.78, 5) is 47.7. The molecule has 1 aliphatic rings. The third-order valence-corrected chi connectivity index (χ3v) is 7.36. The second kappa shape index (κ2) is 15.7. The van der Waals surface area contributed by atoms with E-state index in [2.05, 4.69) is 43.8 Å². The number of nitrogens with zero attached hydrogens (tertiary/aromatic N) is 2. The van der Waals surface area contributed by atoms with E-state index in [1.165, 1.54) is 25.5 Å². The van der Waals surface area contributed by atoms with Crippen LogP contribution in [0.25, 0.3) is 0 Å². The summed E-state index contributed by atoms with van der Waals surface area (Å²) < 4.78 is 22.8. The minimum absolute atomic E-state index is 0.00518. The fourth-order valence-electron chi connectivity index (χ4n) is 4.40. The van der Waals surface area contributed by atoms with Crippen molar-refractivity contribution >= 4 is 52.4 Å². The van der Waals surface area contributed by atoms with E-state index in [1.807, 2.05) is 0 Å². The van der Waals surface area contributed by atoms with Crippen molar-refractivity contribution < 1.29 is 38.3 Å². The Morgan fingerprint density at radius 3 is 2.59 bits per heavy atom. The smallest absolute Gasteiger partial charge is 0.338 e. The highest BCUT2D eigenvalue weighted by atomic mass is 127. The van der Waals surface area contributed by atoms with Crippen LogP contribution in [0.1, 0.15) is 36.6 Å². The number of halogens is 1. The number of carbonyl (C=O) groups is 3. The van der Waals surface area contributed by atoms with Crippen molar-refractivity contribution in [2.45, 2.75) is 26.5 Å². The number of rotatable bonds is 13. The van der Waals surface area contributed by atoms with Crippen molar-refractivity contribution in [2.24, 2.45) is 5.10 Å². The average molecular weight is 744 g/mol. The van der Waals surface area contributed by atoms with Gasteiger partial charge in [-0.25, -0.2) is 15.0 Å². The Hall–Kier alpha value is -5.19. The van der Waals surface area contributed by atoms with E-state index in [-0.39, 0.29) is 42.6 Å². The fraction of sp³-hybridized carbons (Fsp3) is 0.226. The molecule has 0 spiro atoms. The maximum atomic E-state index is 12.6. The lowest BCUT2D eigenvalue weighted by Crippen LogP contribution is -2.45. The van der Waals surface area contributed by atoms with Gasteiger partial charge in [-0.15, -0.1) is 0 Å². The molecule has 3 aromatic rings. The number of urea groups is 1. The van der Waals surface area contributed by atoms with Crippen LogP contribution in [0.15, 0.2) is 77.0 Å². The largest absolute Gasteiger partial charge is 0.493 e. The molecule has 3 N–H and O–H groups in total. The number of hydrogen-bond acceptors (Lipinski definition) is 10. The molecule has 1 atom stereocenters. The zero-order valence-electron chi connectivity index (χ0n) is 25.0. The highest BCUT2D eigenvalue weighted by Crippen LogP contribution is 2.34. The molecule has 0 aromatic heterocycles. The monoisotopic (exact) mass is 743 g/mol. The maximum Gasteiger partial charge on any atom is 0.338 e. The van der Waals surface area contributed by atoms with E-state index < -0.39 is 28.9 Å². The predicted molar refractivity (Wildman–Crippen MR) is 175 cm³/mol. The number of hydrazone groups is 1. The van der Waals surface area contributed by atoms with Crippen molar-refractivity contribution in [1.29, 1.82) is 0 Å². The molecule has 240 valence electrons. The van der Waals surface area contributed by atoms with Gasteiger partial charge >= 0.3 is 12.0 Å². The van der Waals surface area contributed by atoms with Crippen molar-refractivity contribution in [1.82, 2.24) is 16.1 Å². The van der Waals surface area contributed by atoms with Gasteiger partial charge in [-0.2, -0.15) is 5.10 Å². The molecule has 46 heavy (non-hydrogen) atoms. The summed E-state index contributed by atoms with van der Waals surface area (Å²) in [5.41, 5.74) is 4.94. The Bertz CT molecular complexity index is 1710. The second-order valence-electron chi connectivity index (χ2n) is 9.69. The summed E-state index contributed by atoms with van der Waals surface area (Å²) in [6.07, 6.45) is 1.46. The summed E-state index contributed by atoms with van der Waals surface area (Å²) in [5, 5.41) is 20.3. The van der Waals surface area contributed by atoms with Crippen LogP contribution in [0.5, 0.6) is 17.2 Å². The van der Waals surface area contributed by atoms with Gasteiger partial charge in [-0.05, 0) is 83.5 Å². The van der Waals surface area contributed by atoms with Crippen LogP contribution >= 0.6 is 22.6 Å². The van der Waals surface area contributed by atoms with Gasteiger partial charge in [0.2, 0.25) is 0 Å². The molecule has 15 heteroatoms. The van der Waals surface area contributed by atoms with Crippen LogP contribution in [0, 0.1) is 13.7 Å². The van der Waals surface area contributed by atoms with E-state index in [9.17, 15) is 24.5 Å². The number of non-ortho nitro benzene ring substituents is 1. The third kappa shape index (κ3) is 8.71. The molecular weight excluding hydrogens is 713 g/mol. The number of benzene rings is 3. The lowest BCUT2D eigenvalue weighted by molar-refractivity contribution is -0.384. The SMILES string of the molecule is CCOC(=O)C1=C(C)NC(=O)N[C@H]1c1ccc(OCC(=O)N/N=C\c2ccc(OCc3cccc([N+](=O)[O-])c3)c(I)c2)c(OC)c1. The van der Waals surface area contributed by atoms with Crippen molar-refractivity contribution in [3.8, 4) is 17.2 Å². The van der Waals surface area contributed by atoms with Gasteiger partial charge in [-0.3, -0.25) is 14.9 Å². The first-order valence-corrected chi connectivity index (χ1v) is 14.9. The zero-order valence-corrected chi connectivity index (χ0v) is 27.2. The van der Waals surface area contributed by atoms with Crippen molar-refractivity contribution in [3.05, 3.63) is 102 Å². The van der Waals surface area contributed by atoms with Gasteiger partial charge in [-0.1, -0.05) is 18.2 Å². The lowest BCUT2D eigenvalue weighted by atomic mass is 9.95. The first-order valence-electron chi connectivity index (χ1n) is 13.8. The number of allylic oxidation sites excluding steroid dienone is 1. The molecular formula is C31H30IN5O9. The molecule has 0 saturated carbocycles. The van der Waals surface area contributed by atoms with E-state index in [0.29, 0.717) is 28.1 Å². The fourth-order valence-corrected chi connectivity index (χ4v) is 5.09. The van der Waals surface area contributed by atoms with Gasteiger partial charge in [0.25, 0.3) is 11.6 Å². The summed E-state index contributed by atoms with van der Waals surface area (Å²) in [5.74, 6) is 0.0467. The lowest BCUT2D eigenvalue weighted by Gasteiger charge is -2.28. The first kappa shape index (κ1) is 33.7. The number of ether oxygens (including phenoxy) is 4. The maximum absolute atomic E-state index is 12.6. The molecule has 3 amide bonds. The summed E-state index contributed by atoms with van der Waals surface area (Å²) in [6, 6.07) is 15.1. The van der Waals surface area contributed by atoms with Gasteiger partial charge in [0.05, 0.1) is 40.0 Å². The number of hydrogen-bond donors (Lipinski definition) is 3. The Kier molecular flexibility index (Phi) is 11.5. The highest BCUT2D eigenvalue weighted by molar-refractivity contribution is 14.1. The molecule has 0 saturated heterocycles. The number of nitro groups is 1. The topological polar surface area (TPSA) is 180 Å². The van der Waals surface area contributed by atoms with E-state index in [0.717, 1.165) is 3.57 Å². The Labute approximate surface area is 277 Å². The minimum atomic E-state index is -0.787. The summed E-state index contributed by atoms with van der Waals surface area (Å²) in [6.45, 7) is 3.27. The molecule has 1 aliphatic heterocycles. The van der Waals surface area contributed by atoms with Crippen LogP contribution in [0.3, 0.4) is 0 Å². The molecule has 0 radical (unpaired) electrons. The van der Waals surface area contributed by atoms with E-state index >= 15 is 0 Å². The Morgan fingerprint density at radius 1 is 1.09 bits per heavy atom. The van der Waals surface area contributed by atoms with Gasteiger partial charge in [0.1, 0.15) is 12.4 Å². The minimum Gasteiger partial charge on any atom is -0.493 e. The van der Waals surface area contributed by atoms with Crippen molar-refractivity contribution in [3.63, 3.8) is 0 Å². The van der Waals surface area contributed by atoms with Gasteiger partial charge in [0, 0.05) is 17.8 Å². The standard InChI is InChI=1S/C31H30IN5O9/c1-4-44-30(39)28-18(2)34-31(40)35-29(28)21-9-11-25(26(14-21)43-3)46-17-27(38)36-33-15-19-8-10-24(23(32)13-19)45-16-20-6-5-7-22(12-20)37(41)42/h5-15,29H,4,16-17H2,1-3H3,(H,36,38)(H2,34,35,40)/b33-15-/t29-/m0/s1. The average Bonchev–Trinajstić information content (AvgIpc) is 3.03. The number of nitro benzene ring substituents is 1. The predicted octanol–water partition coefficient (Wildman–Crippen LogP) is 4.51. The number of nitrogens with one attached hydrogen (secondary N) is 3. The molecule has 14 nitrogen and oxygen atoms in total. The molecule has 0 aliphatic carbocycles. The summed E-state index contributed by atoms with van der Waals surface area (Å²) >= 11 is 2.10. The quantitative estimate of drug-likeness (QED) is 0.0747. The zero-order chi connectivity index (χ0) is 33.2. The Balaban J connectivity index is 1.33. The van der Waals surface area contributed by atoms with Crippen LogP contribution in [-0.2, 0) is 20.9 Å². The molecule has 1 heterocycles. The van der Waals surface area contributed by atoms with Crippen LogP contribution in [0.4, 0.5) is 10.5 Å². The van der Waals surface area contributed by atoms with Crippen LogP contribution in [0.2, 0.25) is 0 Å². The van der Waals surface area contributed by atoms with Crippen LogP contribution < -0.4 is 30.3 Å². The van der Waals surface area contributed by atoms with Gasteiger partial charge < -0.3 is 29.6 Å². The number of methoxy groups -OCH3 is 1. The normalized spacial score (nSPS) is 14.3. The second-order valence-corrected chi connectivity index (χ2v) is 10.9. The van der Waals surface area contributed by atoms with E-state index in [1.54, 1.807) is 62.4 Å². The molecule has 3 aromatic carbocycles. The molecule has 0 unspecified atom stereocenters. The number of amides is 3. The molecule has 0 bridgehead atoms. The van der Waals surface area contributed by atoms with Crippen molar-refractivity contribution in [2.75, 3.05) is 20.3 Å². The summed E-state index contributed by atoms with van der Waals surface area (Å²) in [7, 11) is 1.43. The van der Waals surface area contributed by atoms with E-state index in [4.69, 9.17) is 18.9 Å². The third-order valence-electron chi connectivity index (χ3n) is 6.52. The first-order chi connectivity index (χ1) is 22.1. The number of carbonyl (C=O) groups excluding carboxylic acids is 3. The Morgan fingerprint density at radius 2 is 1.87 bits per heavy atom.